The topological polar surface area (TPSA) is 51.0 Å². The van der Waals surface area contributed by atoms with Crippen LogP contribution in [-0.4, -0.2) is 38.7 Å². The Labute approximate surface area is 149 Å². The molecule has 1 amide bonds. The van der Waals surface area contributed by atoms with E-state index < -0.39 is 0 Å². The molecular weight excluding hydrogens is 312 g/mol. The minimum absolute atomic E-state index is 0.236. The molecule has 0 radical (unpaired) electrons. The van der Waals surface area contributed by atoms with Crippen LogP contribution in [0.2, 0.25) is 0 Å². The molecule has 4 rings (SSSR count). The third kappa shape index (κ3) is 3.20. The van der Waals surface area contributed by atoms with Crippen LogP contribution in [0, 0.1) is 13.8 Å². The van der Waals surface area contributed by atoms with Crippen LogP contribution in [0.1, 0.15) is 53.5 Å². The maximum Gasteiger partial charge on any atom is 0.227 e. The van der Waals surface area contributed by atoms with Crippen LogP contribution in [0.4, 0.5) is 0 Å². The maximum absolute atomic E-state index is 12.9. The van der Waals surface area contributed by atoms with Gasteiger partial charge in [-0.15, -0.1) is 10.2 Å². The first-order valence-electron chi connectivity index (χ1n) is 9.37. The summed E-state index contributed by atoms with van der Waals surface area (Å²) >= 11 is 0. The van der Waals surface area contributed by atoms with E-state index in [1.165, 1.54) is 17.5 Å². The van der Waals surface area contributed by atoms with Gasteiger partial charge in [0.05, 0.1) is 6.42 Å². The summed E-state index contributed by atoms with van der Waals surface area (Å²) in [5.41, 5.74) is 3.56. The average molecular weight is 338 g/mol. The fourth-order valence-corrected chi connectivity index (χ4v) is 4.15. The second-order valence-electron chi connectivity index (χ2n) is 7.52. The van der Waals surface area contributed by atoms with Gasteiger partial charge in [0, 0.05) is 32.0 Å². The highest BCUT2D eigenvalue weighted by atomic mass is 16.2. The van der Waals surface area contributed by atoms with Crippen molar-refractivity contribution < 1.29 is 4.79 Å². The predicted octanol–water partition coefficient (Wildman–Crippen LogP) is 2.79. The van der Waals surface area contributed by atoms with Gasteiger partial charge in [0.2, 0.25) is 5.91 Å². The van der Waals surface area contributed by atoms with Gasteiger partial charge in [0.25, 0.3) is 0 Å². The second kappa shape index (κ2) is 6.62. The number of hydrogen-bond donors (Lipinski definition) is 0. The molecule has 1 fully saturated rings. The Morgan fingerprint density at radius 3 is 2.96 bits per heavy atom. The second-order valence-corrected chi connectivity index (χ2v) is 7.52. The number of amides is 1. The normalized spacial score (nSPS) is 19.9. The molecule has 0 spiro atoms. The summed E-state index contributed by atoms with van der Waals surface area (Å²) in [6.45, 7) is 6.84. The molecule has 0 aliphatic carbocycles. The predicted molar refractivity (Wildman–Crippen MR) is 96.5 cm³/mol. The molecule has 0 bridgehead atoms. The van der Waals surface area contributed by atoms with Crippen LogP contribution < -0.4 is 0 Å². The Kier molecular flexibility index (Phi) is 4.32. The summed E-state index contributed by atoms with van der Waals surface area (Å²) in [5, 5.41) is 8.78. The summed E-state index contributed by atoms with van der Waals surface area (Å²) in [6, 6.07) is 6.35. The number of carbonyl (C=O) groups is 1. The number of aryl methyl sites for hydroxylation is 3. The van der Waals surface area contributed by atoms with Crippen LogP contribution in [0.3, 0.4) is 0 Å². The summed E-state index contributed by atoms with van der Waals surface area (Å²) in [5.74, 6) is 2.78. The number of fused-ring (bicyclic) bond motifs is 1. The lowest BCUT2D eigenvalue weighted by Crippen LogP contribution is -2.40. The van der Waals surface area contributed by atoms with Crippen molar-refractivity contribution in [1.82, 2.24) is 19.7 Å². The zero-order valence-electron chi connectivity index (χ0n) is 15.2. The molecule has 1 saturated heterocycles. The lowest BCUT2D eigenvalue weighted by Gasteiger charge is -2.32. The summed E-state index contributed by atoms with van der Waals surface area (Å²) in [6.07, 6.45) is 4.85. The van der Waals surface area contributed by atoms with Gasteiger partial charge in [0.1, 0.15) is 11.6 Å². The Morgan fingerprint density at radius 2 is 2.08 bits per heavy atom. The number of likely N-dealkylation sites (tertiary alicyclic amines) is 1. The van der Waals surface area contributed by atoms with Gasteiger partial charge in [-0.05, 0) is 44.2 Å². The minimum Gasteiger partial charge on any atom is -0.342 e. The van der Waals surface area contributed by atoms with E-state index in [0.717, 1.165) is 56.1 Å². The van der Waals surface area contributed by atoms with Crippen molar-refractivity contribution in [3.8, 4) is 0 Å². The quantitative estimate of drug-likeness (QED) is 0.865. The van der Waals surface area contributed by atoms with Crippen molar-refractivity contribution in [1.29, 1.82) is 0 Å². The van der Waals surface area contributed by atoms with Gasteiger partial charge in [-0.2, -0.15) is 0 Å². The number of carbonyl (C=O) groups excluding carboxylic acids is 1. The zero-order chi connectivity index (χ0) is 17.4. The SMILES string of the molecule is Cc1ccc(C)c(CC(=O)N2CCCC(c3nnc4n3CCC4)C2)c1. The molecule has 0 saturated carbocycles. The highest BCUT2D eigenvalue weighted by Gasteiger charge is 2.30. The van der Waals surface area contributed by atoms with Crippen molar-refractivity contribution in [2.45, 2.75) is 58.4 Å². The van der Waals surface area contributed by atoms with E-state index in [4.69, 9.17) is 0 Å². The number of rotatable bonds is 3. The first-order valence-corrected chi connectivity index (χ1v) is 9.37. The fraction of sp³-hybridized carbons (Fsp3) is 0.550. The number of nitrogens with zero attached hydrogens (tertiary/aromatic N) is 4. The zero-order valence-corrected chi connectivity index (χ0v) is 15.2. The van der Waals surface area contributed by atoms with Crippen LogP contribution in [0.25, 0.3) is 0 Å². The van der Waals surface area contributed by atoms with E-state index in [1.54, 1.807) is 0 Å². The molecule has 25 heavy (non-hydrogen) atoms. The molecule has 5 heteroatoms. The molecule has 1 aromatic heterocycles. The van der Waals surface area contributed by atoms with Gasteiger partial charge in [-0.25, -0.2) is 0 Å². The van der Waals surface area contributed by atoms with E-state index in [-0.39, 0.29) is 5.91 Å². The van der Waals surface area contributed by atoms with Crippen molar-refractivity contribution in [3.63, 3.8) is 0 Å². The fourth-order valence-electron chi connectivity index (χ4n) is 4.15. The molecular formula is C20H26N4O. The molecule has 5 nitrogen and oxygen atoms in total. The van der Waals surface area contributed by atoms with E-state index in [1.807, 2.05) is 4.90 Å². The third-order valence-electron chi connectivity index (χ3n) is 5.62. The highest BCUT2D eigenvalue weighted by molar-refractivity contribution is 5.79. The van der Waals surface area contributed by atoms with Crippen LogP contribution in [-0.2, 0) is 24.2 Å². The Morgan fingerprint density at radius 1 is 1.20 bits per heavy atom. The summed E-state index contributed by atoms with van der Waals surface area (Å²) < 4.78 is 2.28. The summed E-state index contributed by atoms with van der Waals surface area (Å²) in [7, 11) is 0. The van der Waals surface area contributed by atoms with Gasteiger partial charge in [0.15, 0.2) is 0 Å². The molecule has 0 N–H and O–H groups in total. The number of aromatic nitrogens is 3. The van der Waals surface area contributed by atoms with Crippen LogP contribution >= 0.6 is 0 Å². The molecule has 2 aliphatic heterocycles. The van der Waals surface area contributed by atoms with Gasteiger partial charge >= 0.3 is 0 Å². The Balaban J connectivity index is 1.47. The van der Waals surface area contributed by atoms with Crippen LogP contribution in [0.5, 0.6) is 0 Å². The minimum atomic E-state index is 0.236. The van der Waals surface area contributed by atoms with Crippen molar-refractivity contribution in [2.75, 3.05) is 13.1 Å². The first-order chi connectivity index (χ1) is 12.1. The lowest BCUT2D eigenvalue weighted by atomic mass is 9.96. The number of piperidine rings is 1. The average Bonchev–Trinajstić information content (AvgIpc) is 3.21. The first kappa shape index (κ1) is 16.3. The molecule has 132 valence electrons. The van der Waals surface area contributed by atoms with Gasteiger partial charge < -0.3 is 9.47 Å². The number of benzene rings is 1. The van der Waals surface area contributed by atoms with E-state index >= 15 is 0 Å². The highest BCUT2D eigenvalue weighted by Crippen LogP contribution is 2.29. The van der Waals surface area contributed by atoms with Crippen LogP contribution in [0.15, 0.2) is 18.2 Å². The molecule has 3 heterocycles. The lowest BCUT2D eigenvalue weighted by molar-refractivity contribution is -0.131. The third-order valence-corrected chi connectivity index (χ3v) is 5.62. The monoisotopic (exact) mass is 338 g/mol. The van der Waals surface area contributed by atoms with Gasteiger partial charge in [-0.3, -0.25) is 4.79 Å². The van der Waals surface area contributed by atoms with Crippen molar-refractivity contribution >= 4 is 5.91 Å². The smallest absolute Gasteiger partial charge is 0.227 e. The van der Waals surface area contributed by atoms with Crippen molar-refractivity contribution in [3.05, 3.63) is 46.5 Å². The largest absolute Gasteiger partial charge is 0.342 e. The standard InChI is InChI=1S/C20H26N4O/c1-14-7-8-15(2)17(11-14)12-19(25)23-9-3-5-16(13-23)20-22-21-18-6-4-10-24(18)20/h7-8,11,16H,3-6,9-10,12-13H2,1-2H3. The number of hydrogen-bond acceptors (Lipinski definition) is 3. The van der Waals surface area contributed by atoms with Crippen molar-refractivity contribution in [2.24, 2.45) is 0 Å². The Bertz CT molecular complexity index is 795. The molecule has 1 aromatic carbocycles. The molecule has 2 aliphatic rings. The molecule has 2 aromatic rings. The molecule has 1 atom stereocenters. The van der Waals surface area contributed by atoms with E-state index in [0.29, 0.717) is 12.3 Å². The molecule has 1 unspecified atom stereocenters. The Hall–Kier alpha value is -2.17. The van der Waals surface area contributed by atoms with E-state index in [2.05, 4.69) is 46.8 Å². The van der Waals surface area contributed by atoms with E-state index in [9.17, 15) is 4.79 Å². The summed E-state index contributed by atoms with van der Waals surface area (Å²) in [4.78, 5) is 14.9. The maximum atomic E-state index is 12.9. The van der Waals surface area contributed by atoms with Gasteiger partial charge in [-0.1, -0.05) is 23.8 Å².